The van der Waals surface area contributed by atoms with Gasteiger partial charge in [-0.25, -0.2) is 14.3 Å². The predicted molar refractivity (Wildman–Crippen MR) is 92.7 cm³/mol. The number of hydrogen-bond acceptors (Lipinski definition) is 7. The van der Waals surface area contributed by atoms with Crippen molar-refractivity contribution in [2.75, 3.05) is 5.32 Å². The highest BCUT2D eigenvalue weighted by molar-refractivity contribution is 7.15. The summed E-state index contributed by atoms with van der Waals surface area (Å²) in [6.45, 7) is 1.62. The van der Waals surface area contributed by atoms with Crippen LogP contribution in [0.4, 0.5) is 5.13 Å². The van der Waals surface area contributed by atoms with Gasteiger partial charge in [-0.05, 0) is 6.42 Å². The van der Waals surface area contributed by atoms with Gasteiger partial charge in [0.2, 0.25) is 11.0 Å². The minimum Gasteiger partial charge on any atom is -0.328 e. The first-order valence-corrected chi connectivity index (χ1v) is 8.47. The van der Waals surface area contributed by atoms with Crippen LogP contribution in [0.25, 0.3) is 11.2 Å². The van der Waals surface area contributed by atoms with E-state index in [1.807, 2.05) is 6.92 Å². The van der Waals surface area contributed by atoms with E-state index in [2.05, 4.69) is 20.5 Å². The summed E-state index contributed by atoms with van der Waals surface area (Å²) < 4.78 is 3.65. The Morgan fingerprint density at radius 2 is 2.04 bits per heavy atom. The third-order valence-corrected chi connectivity index (χ3v) is 4.58. The summed E-state index contributed by atoms with van der Waals surface area (Å²) in [5.74, 6) is -0.514. The Morgan fingerprint density at radius 3 is 2.76 bits per heavy atom. The lowest BCUT2D eigenvalue weighted by Crippen LogP contribution is -2.42. The molecule has 0 aliphatic rings. The van der Waals surface area contributed by atoms with E-state index in [1.54, 1.807) is 7.05 Å². The number of rotatable bonds is 5. The highest BCUT2D eigenvalue weighted by Gasteiger charge is 2.17. The van der Waals surface area contributed by atoms with Crippen molar-refractivity contribution in [1.29, 1.82) is 0 Å². The Hall–Kier alpha value is -2.82. The van der Waals surface area contributed by atoms with Crippen LogP contribution in [0.1, 0.15) is 18.4 Å². The molecule has 3 aromatic rings. The number of aryl methyl sites for hydroxylation is 3. The van der Waals surface area contributed by atoms with Gasteiger partial charge in [-0.1, -0.05) is 18.3 Å². The molecule has 0 atom stereocenters. The molecule has 0 aliphatic carbocycles. The van der Waals surface area contributed by atoms with E-state index in [9.17, 15) is 14.4 Å². The largest absolute Gasteiger partial charge is 0.332 e. The maximum Gasteiger partial charge on any atom is 0.332 e. The standard InChI is InChI=1S/C14H17N7O3S/c1-4-5-9-17-18-13(25-9)16-8(22)6-21-12(23)10-11(15-7-19(10)2)20(3)14(21)24/h7H,4-6H2,1-3H3,(H,16,18,22). The van der Waals surface area contributed by atoms with E-state index in [1.165, 1.54) is 33.8 Å². The Morgan fingerprint density at radius 1 is 1.28 bits per heavy atom. The number of hydrogen-bond donors (Lipinski definition) is 1. The first-order valence-electron chi connectivity index (χ1n) is 7.65. The number of nitrogens with one attached hydrogen (secondary N) is 1. The second-order valence-corrected chi connectivity index (χ2v) is 6.62. The van der Waals surface area contributed by atoms with Crippen molar-refractivity contribution in [3.05, 3.63) is 32.2 Å². The predicted octanol–water partition coefficient (Wildman–Crippen LogP) is -0.124. The monoisotopic (exact) mass is 363 g/mol. The Kier molecular flexibility index (Phi) is 4.49. The number of imidazole rings is 1. The number of aromatic nitrogens is 6. The number of carbonyl (C=O) groups is 1. The van der Waals surface area contributed by atoms with Crippen LogP contribution in [0.5, 0.6) is 0 Å². The van der Waals surface area contributed by atoms with Gasteiger partial charge >= 0.3 is 5.69 Å². The van der Waals surface area contributed by atoms with Crippen molar-refractivity contribution in [3.63, 3.8) is 0 Å². The second-order valence-electron chi connectivity index (χ2n) is 5.56. The van der Waals surface area contributed by atoms with E-state index < -0.39 is 23.7 Å². The summed E-state index contributed by atoms with van der Waals surface area (Å²) in [5, 5.41) is 11.6. The van der Waals surface area contributed by atoms with E-state index in [4.69, 9.17) is 0 Å². The number of amides is 1. The second kappa shape index (κ2) is 6.59. The van der Waals surface area contributed by atoms with Gasteiger partial charge < -0.3 is 4.57 Å². The number of fused-ring (bicyclic) bond motifs is 1. The Labute approximate surface area is 145 Å². The zero-order valence-corrected chi connectivity index (χ0v) is 14.8. The first kappa shape index (κ1) is 17.0. The maximum absolute atomic E-state index is 12.5. The van der Waals surface area contributed by atoms with E-state index >= 15 is 0 Å². The molecule has 25 heavy (non-hydrogen) atoms. The average molecular weight is 363 g/mol. The lowest BCUT2D eigenvalue weighted by atomic mass is 10.4. The van der Waals surface area contributed by atoms with Gasteiger partial charge in [-0.2, -0.15) is 0 Å². The van der Waals surface area contributed by atoms with Crippen LogP contribution in [0.2, 0.25) is 0 Å². The molecule has 10 nitrogen and oxygen atoms in total. The van der Waals surface area contributed by atoms with Gasteiger partial charge in [-0.15, -0.1) is 10.2 Å². The Balaban J connectivity index is 1.89. The van der Waals surface area contributed by atoms with Crippen molar-refractivity contribution in [1.82, 2.24) is 28.9 Å². The molecule has 0 unspecified atom stereocenters. The zero-order valence-electron chi connectivity index (χ0n) is 14.0. The topological polar surface area (TPSA) is 117 Å². The fraction of sp³-hybridized carbons (Fsp3) is 0.429. The van der Waals surface area contributed by atoms with E-state index in [-0.39, 0.29) is 11.2 Å². The summed E-state index contributed by atoms with van der Waals surface area (Å²) in [5.41, 5.74) is -0.619. The van der Waals surface area contributed by atoms with Crippen LogP contribution < -0.4 is 16.6 Å². The van der Waals surface area contributed by atoms with Crippen LogP contribution in [0.3, 0.4) is 0 Å². The highest BCUT2D eigenvalue weighted by Crippen LogP contribution is 2.16. The van der Waals surface area contributed by atoms with Crippen molar-refractivity contribution >= 4 is 33.5 Å². The highest BCUT2D eigenvalue weighted by atomic mass is 32.1. The van der Waals surface area contributed by atoms with E-state index in [0.29, 0.717) is 5.13 Å². The molecule has 1 amide bonds. The molecular formula is C14H17N7O3S. The fourth-order valence-corrected chi connectivity index (χ4v) is 3.31. The number of nitrogens with zero attached hydrogens (tertiary/aromatic N) is 6. The molecule has 132 valence electrons. The molecule has 11 heteroatoms. The quantitative estimate of drug-likeness (QED) is 0.675. The molecule has 0 fully saturated rings. The minimum atomic E-state index is -0.602. The molecule has 0 spiro atoms. The van der Waals surface area contributed by atoms with Gasteiger partial charge in [0.1, 0.15) is 11.6 Å². The van der Waals surface area contributed by atoms with Crippen LogP contribution >= 0.6 is 11.3 Å². The molecule has 1 N–H and O–H groups in total. The maximum atomic E-state index is 12.5. The normalized spacial score (nSPS) is 11.2. The summed E-state index contributed by atoms with van der Waals surface area (Å²) in [7, 11) is 3.16. The van der Waals surface area contributed by atoms with Crippen molar-refractivity contribution < 1.29 is 4.79 Å². The molecule has 3 heterocycles. The van der Waals surface area contributed by atoms with Crippen LogP contribution in [0, 0.1) is 0 Å². The van der Waals surface area contributed by atoms with Crippen LogP contribution in [0.15, 0.2) is 15.9 Å². The third-order valence-electron chi connectivity index (χ3n) is 3.68. The molecule has 3 aromatic heterocycles. The average Bonchev–Trinajstić information content (AvgIpc) is 3.16. The molecule has 3 rings (SSSR count). The molecule has 0 bridgehead atoms. The van der Waals surface area contributed by atoms with Gasteiger partial charge in [0.25, 0.3) is 5.56 Å². The Bertz CT molecular complexity index is 1060. The number of carbonyl (C=O) groups excluding carboxylic acids is 1. The fourth-order valence-electron chi connectivity index (χ4n) is 2.46. The molecule has 0 aliphatic heterocycles. The number of anilines is 1. The molecule has 0 aromatic carbocycles. The van der Waals surface area contributed by atoms with Crippen LogP contribution in [-0.4, -0.2) is 34.8 Å². The van der Waals surface area contributed by atoms with Gasteiger partial charge in [0, 0.05) is 20.5 Å². The summed E-state index contributed by atoms with van der Waals surface area (Å²) in [6.07, 6.45) is 3.16. The zero-order chi connectivity index (χ0) is 18.1. The lowest BCUT2D eigenvalue weighted by molar-refractivity contribution is -0.116. The summed E-state index contributed by atoms with van der Waals surface area (Å²) in [6, 6.07) is 0. The minimum absolute atomic E-state index is 0.260. The molecule has 0 saturated carbocycles. The van der Waals surface area contributed by atoms with Crippen molar-refractivity contribution in [2.24, 2.45) is 14.1 Å². The van der Waals surface area contributed by atoms with Crippen LogP contribution in [-0.2, 0) is 31.9 Å². The molecule has 0 radical (unpaired) electrons. The summed E-state index contributed by atoms with van der Waals surface area (Å²) >= 11 is 1.28. The SMILES string of the molecule is CCCc1nnc(NC(=O)Cn2c(=O)c3c(ncn3C)n(C)c2=O)s1. The molecule has 0 saturated heterocycles. The van der Waals surface area contributed by atoms with Crippen molar-refractivity contribution in [2.45, 2.75) is 26.3 Å². The smallest absolute Gasteiger partial charge is 0.328 e. The summed E-state index contributed by atoms with van der Waals surface area (Å²) in [4.78, 5) is 41.2. The van der Waals surface area contributed by atoms with Gasteiger partial charge in [0.05, 0.1) is 6.33 Å². The van der Waals surface area contributed by atoms with Crippen molar-refractivity contribution in [3.8, 4) is 0 Å². The first-order chi connectivity index (χ1) is 11.9. The molecular weight excluding hydrogens is 346 g/mol. The lowest BCUT2D eigenvalue weighted by Gasteiger charge is -2.08. The third kappa shape index (κ3) is 3.09. The van der Waals surface area contributed by atoms with Gasteiger partial charge in [0.15, 0.2) is 11.2 Å². The van der Waals surface area contributed by atoms with Gasteiger partial charge in [-0.3, -0.25) is 19.5 Å². The van der Waals surface area contributed by atoms with E-state index in [0.717, 1.165) is 22.4 Å².